The van der Waals surface area contributed by atoms with E-state index in [9.17, 15) is 0 Å². The second-order valence-electron chi connectivity index (χ2n) is 5.63. The van der Waals surface area contributed by atoms with Gasteiger partial charge in [0.05, 0.1) is 11.4 Å². The van der Waals surface area contributed by atoms with E-state index in [2.05, 4.69) is 60.2 Å². The number of aromatic nitrogens is 4. The minimum absolute atomic E-state index is 0.450. The molecule has 5 nitrogen and oxygen atoms in total. The van der Waals surface area contributed by atoms with Gasteiger partial charge in [-0.2, -0.15) is 10.2 Å². The molecule has 0 saturated carbocycles. The van der Waals surface area contributed by atoms with E-state index in [1.807, 2.05) is 10.9 Å². The molecule has 0 saturated heterocycles. The normalized spacial score (nSPS) is 12.8. The fraction of sp³-hybridized carbons (Fsp3) is 0.625. The number of rotatable bonds is 8. The molecular weight excluding hydrogens is 262 g/mol. The Morgan fingerprint density at radius 3 is 2.81 bits per heavy atom. The average molecular weight is 289 g/mol. The molecule has 2 aromatic heterocycles. The van der Waals surface area contributed by atoms with Gasteiger partial charge in [0.1, 0.15) is 0 Å². The quantitative estimate of drug-likeness (QED) is 0.812. The van der Waals surface area contributed by atoms with E-state index in [-0.39, 0.29) is 0 Å². The fourth-order valence-corrected chi connectivity index (χ4v) is 2.45. The molecule has 0 aromatic carbocycles. The molecule has 1 N–H and O–H groups in total. The van der Waals surface area contributed by atoms with Crippen LogP contribution in [0, 0.1) is 6.92 Å². The van der Waals surface area contributed by atoms with E-state index in [0.29, 0.717) is 6.04 Å². The van der Waals surface area contributed by atoms with Gasteiger partial charge in [-0.05, 0) is 32.8 Å². The molecule has 2 heterocycles. The molecule has 0 fully saturated rings. The monoisotopic (exact) mass is 289 g/mol. The summed E-state index contributed by atoms with van der Waals surface area (Å²) in [4.78, 5) is 0. The zero-order valence-electron chi connectivity index (χ0n) is 13.6. The summed E-state index contributed by atoms with van der Waals surface area (Å²) in [6, 6.07) is 2.54. The molecule has 1 atom stereocenters. The van der Waals surface area contributed by atoms with Crippen LogP contribution in [0.3, 0.4) is 0 Å². The van der Waals surface area contributed by atoms with Crippen LogP contribution in [0.1, 0.15) is 56.6 Å². The van der Waals surface area contributed by atoms with Crippen LogP contribution in [0.5, 0.6) is 0 Å². The molecule has 2 aromatic rings. The summed E-state index contributed by atoms with van der Waals surface area (Å²) >= 11 is 0. The maximum Gasteiger partial charge on any atom is 0.0638 e. The van der Waals surface area contributed by atoms with Gasteiger partial charge in [0.25, 0.3) is 0 Å². The lowest BCUT2D eigenvalue weighted by Gasteiger charge is -2.14. The first-order valence-electron chi connectivity index (χ1n) is 7.91. The highest BCUT2D eigenvalue weighted by Crippen LogP contribution is 2.12. The minimum atomic E-state index is 0.450. The Morgan fingerprint density at radius 1 is 1.29 bits per heavy atom. The zero-order chi connectivity index (χ0) is 15.2. The second-order valence-corrected chi connectivity index (χ2v) is 5.63. The zero-order valence-corrected chi connectivity index (χ0v) is 13.6. The van der Waals surface area contributed by atoms with E-state index in [0.717, 1.165) is 38.2 Å². The summed E-state index contributed by atoms with van der Waals surface area (Å²) in [7, 11) is 0. The molecular formula is C16H27N5. The first-order valence-corrected chi connectivity index (χ1v) is 7.91. The lowest BCUT2D eigenvalue weighted by molar-refractivity contribution is 0.451. The summed E-state index contributed by atoms with van der Waals surface area (Å²) in [5.74, 6) is 0. The van der Waals surface area contributed by atoms with Crippen molar-refractivity contribution < 1.29 is 0 Å². The highest BCUT2D eigenvalue weighted by molar-refractivity contribution is 5.15. The third-order valence-corrected chi connectivity index (χ3v) is 3.88. The lowest BCUT2D eigenvalue weighted by atomic mass is 10.2. The average Bonchev–Trinajstić information content (AvgIpc) is 3.06. The van der Waals surface area contributed by atoms with Crippen molar-refractivity contribution >= 4 is 0 Å². The summed E-state index contributed by atoms with van der Waals surface area (Å²) in [6.45, 7) is 11.3. The molecule has 0 spiro atoms. The number of hydrogen-bond donors (Lipinski definition) is 1. The molecule has 0 aliphatic rings. The first-order chi connectivity index (χ1) is 10.2. The van der Waals surface area contributed by atoms with Crippen molar-refractivity contribution in [1.29, 1.82) is 0 Å². The molecule has 5 heteroatoms. The van der Waals surface area contributed by atoms with Crippen LogP contribution in [0.2, 0.25) is 0 Å². The van der Waals surface area contributed by atoms with Crippen LogP contribution in [0.4, 0.5) is 0 Å². The van der Waals surface area contributed by atoms with Gasteiger partial charge in [0, 0.05) is 43.6 Å². The predicted molar refractivity (Wildman–Crippen MR) is 85.0 cm³/mol. The molecule has 0 radical (unpaired) electrons. The summed E-state index contributed by atoms with van der Waals surface area (Å²) in [5.41, 5.74) is 3.63. The van der Waals surface area contributed by atoms with E-state index >= 15 is 0 Å². The molecule has 21 heavy (non-hydrogen) atoms. The van der Waals surface area contributed by atoms with E-state index in [1.165, 1.54) is 11.3 Å². The van der Waals surface area contributed by atoms with E-state index in [1.54, 1.807) is 0 Å². The van der Waals surface area contributed by atoms with Gasteiger partial charge in [-0.1, -0.05) is 13.8 Å². The van der Waals surface area contributed by atoms with Gasteiger partial charge in [-0.15, -0.1) is 0 Å². The van der Waals surface area contributed by atoms with Crippen molar-refractivity contribution in [2.75, 3.05) is 0 Å². The maximum atomic E-state index is 4.53. The SMILES string of the molecule is CCCn1cc(CNCc2ccnn2C(C)CC)c(C)n1. The molecule has 1 unspecified atom stereocenters. The van der Waals surface area contributed by atoms with Gasteiger partial charge in [-0.3, -0.25) is 9.36 Å². The maximum absolute atomic E-state index is 4.53. The summed E-state index contributed by atoms with van der Waals surface area (Å²) in [5, 5.41) is 12.5. The Morgan fingerprint density at radius 2 is 2.10 bits per heavy atom. The Kier molecular flexibility index (Phi) is 5.56. The highest BCUT2D eigenvalue weighted by Gasteiger charge is 2.09. The van der Waals surface area contributed by atoms with Gasteiger partial charge in [-0.25, -0.2) is 0 Å². The van der Waals surface area contributed by atoms with Crippen LogP contribution >= 0.6 is 0 Å². The van der Waals surface area contributed by atoms with Gasteiger partial charge >= 0.3 is 0 Å². The summed E-state index contributed by atoms with van der Waals surface area (Å²) < 4.78 is 4.15. The number of aryl methyl sites for hydroxylation is 2. The standard InChI is InChI=1S/C16H27N5/c1-5-9-20-12-15(14(4)19-20)10-17-11-16-7-8-18-21(16)13(3)6-2/h7-8,12-13,17H,5-6,9-11H2,1-4H3. The third-order valence-electron chi connectivity index (χ3n) is 3.88. The van der Waals surface area contributed by atoms with Crippen molar-refractivity contribution in [2.45, 2.75) is 66.2 Å². The topological polar surface area (TPSA) is 47.7 Å². The number of nitrogens with one attached hydrogen (secondary N) is 1. The fourth-order valence-electron chi connectivity index (χ4n) is 2.45. The molecule has 0 amide bonds. The van der Waals surface area contributed by atoms with E-state index in [4.69, 9.17) is 0 Å². The lowest BCUT2D eigenvalue weighted by Crippen LogP contribution is -2.18. The first kappa shape index (κ1) is 15.8. The molecule has 0 aliphatic heterocycles. The van der Waals surface area contributed by atoms with Gasteiger partial charge in [0.2, 0.25) is 0 Å². The minimum Gasteiger partial charge on any atom is -0.307 e. The van der Waals surface area contributed by atoms with Crippen molar-refractivity contribution in [2.24, 2.45) is 0 Å². The Bertz CT molecular complexity index is 555. The highest BCUT2D eigenvalue weighted by atomic mass is 15.3. The van der Waals surface area contributed by atoms with Crippen molar-refractivity contribution in [3.8, 4) is 0 Å². The Balaban J connectivity index is 1.91. The molecule has 2 rings (SSSR count). The van der Waals surface area contributed by atoms with E-state index < -0.39 is 0 Å². The molecule has 116 valence electrons. The Hall–Kier alpha value is -1.62. The number of nitrogens with zero attached hydrogens (tertiary/aromatic N) is 4. The van der Waals surface area contributed by atoms with Crippen LogP contribution in [0.15, 0.2) is 18.5 Å². The van der Waals surface area contributed by atoms with Crippen molar-refractivity contribution in [3.05, 3.63) is 35.4 Å². The van der Waals surface area contributed by atoms with Crippen molar-refractivity contribution in [1.82, 2.24) is 24.9 Å². The molecule has 0 bridgehead atoms. The van der Waals surface area contributed by atoms with Crippen LogP contribution in [-0.2, 0) is 19.6 Å². The molecule has 0 aliphatic carbocycles. The second kappa shape index (κ2) is 7.41. The smallest absolute Gasteiger partial charge is 0.0638 e. The largest absolute Gasteiger partial charge is 0.307 e. The van der Waals surface area contributed by atoms with Gasteiger partial charge < -0.3 is 5.32 Å². The van der Waals surface area contributed by atoms with Gasteiger partial charge in [0.15, 0.2) is 0 Å². The third kappa shape index (κ3) is 3.94. The van der Waals surface area contributed by atoms with Crippen LogP contribution in [-0.4, -0.2) is 19.6 Å². The summed E-state index contributed by atoms with van der Waals surface area (Å²) in [6.07, 6.45) is 6.24. The predicted octanol–water partition coefficient (Wildman–Crippen LogP) is 3.06. The Labute approximate surface area is 127 Å². The number of hydrogen-bond acceptors (Lipinski definition) is 3. The van der Waals surface area contributed by atoms with Crippen LogP contribution < -0.4 is 5.32 Å². The van der Waals surface area contributed by atoms with Crippen LogP contribution in [0.25, 0.3) is 0 Å². The van der Waals surface area contributed by atoms with Crippen molar-refractivity contribution in [3.63, 3.8) is 0 Å².